The number of anilines is 1. The predicted molar refractivity (Wildman–Crippen MR) is 190 cm³/mol. The summed E-state index contributed by atoms with van der Waals surface area (Å²) in [4.78, 5) is 48.0. The van der Waals surface area contributed by atoms with Crippen LogP contribution in [0.25, 0.3) is 10.8 Å². The van der Waals surface area contributed by atoms with Gasteiger partial charge in [-0.15, -0.1) is 6.58 Å². The molecule has 5 atom stereocenters. The van der Waals surface area contributed by atoms with Crippen molar-refractivity contribution in [1.82, 2.24) is 19.9 Å². The minimum absolute atomic E-state index is 0.0134. The molecule has 3 aromatic rings. The normalized spacial score (nSPS) is 24.0. The number of fused-ring (bicyclic) bond motifs is 1. The van der Waals surface area contributed by atoms with Gasteiger partial charge in [-0.3, -0.25) is 29.3 Å². The maximum Gasteiger partial charge on any atom is 0.254 e. The molecule has 1 saturated heterocycles. The second-order valence-corrected chi connectivity index (χ2v) is 16.8. The summed E-state index contributed by atoms with van der Waals surface area (Å²) in [5.74, 6) is -2.54. The van der Waals surface area contributed by atoms with Crippen LogP contribution in [-0.2, 0) is 24.4 Å². The van der Waals surface area contributed by atoms with Crippen LogP contribution in [-0.4, -0.2) is 78.7 Å². The van der Waals surface area contributed by atoms with E-state index in [4.69, 9.17) is 21.1 Å². The molecule has 15 heteroatoms. The van der Waals surface area contributed by atoms with Gasteiger partial charge in [0.05, 0.1) is 30.3 Å². The van der Waals surface area contributed by atoms with E-state index < -0.39 is 73.9 Å². The van der Waals surface area contributed by atoms with E-state index in [9.17, 15) is 27.2 Å². The van der Waals surface area contributed by atoms with E-state index in [0.717, 1.165) is 0 Å². The lowest BCUT2D eigenvalue weighted by atomic mass is 9.85. The third kappa shape index (κ3) is 7.26. The molecule has 2 saturated carbocycles. The van der Waals surface area contributed by atoms with Crippen LogP contribution in [0.4, 0.5) is 10.1 Å². The van der Waals surface area contributed by atoms with Gasteiger partial charge in [0.15, 0.2) is 0 Å². The monoisotopic (exact) mass is 741 g/mol. The molecule has 2 aliphatic carbocycles. The van der Waals surface area contributed by atoms with Gasteiger partial charge in [0.25, 0.3) is 5.91 Å². The molecule has 0 spiro atoms. The smallest absolute Gasteiger partial charge is 0.254 e. The first kappa shape index (κ1) is 36.5. The van der Waals surface area contributed by atoms with E-state index in [1.807, 2.05) is 0 Å². The summed E-state index contributed by atoms with van der Waals surface area (Å²) in [6.07, 6.45) is 3.46. The number of hydrogen-bond acceptors (Lipinski definition) is 10. The molecular weight excluding hydrogens is 701 g/mol. The van der Waals surface area contributed by atoms with Crippen LogP contribution in [0.1, 0.15) is 46.5 Å². The quantitative estimate of drug-likeness (QED) is 0.225. The van der Waals surface area contributed by atoms with Crippen LogP contribution in [0.3, 0.4) is 0 Å². The molecule has 0 radical (unpaired) electrons. The number of nitrogens with one attached hydrogen (secondary N) is 3. The first-order valence-corrected chi connectivity index (χ1v) is 18.6. The molecule has 2 heterocycles. The van der Waals surface area contributed by atoms with Crippen molar-refractivity contribution in [3.8, 4) is 11.6 Å². The Balaban J connectivity index is 1.32. The maximum atomic E-state index is 14.6. The van der Waals surface area contributed by atoms with Crippen molar-refractivity contribution >= 4 is 55.8 Å². The SMILES string of the molecule is C=C[C@@H]1C[C@@]1(C(=O)NS(=O)(=O)C1CC1)N1C[C@H](Oc2ncc(OC)c3ccc(Cl)cc23)C[C@H]1C(=O)NC(=O)[C@@H](Nc1ccccc1F)C(C)(C)C. The zero-order valence-corrected chi connectivity index (χ0v) is 30.3. The number of rotatable bonds is 12. The van der Waals surface area contributed by atoms with E-state index >= 15 is 0 Å². The third-order valence-electron chi connectivity index (χ3n) is 9.76. The Morgan fingerprint density at radius 3 is 2.51 bits per heavy atom. The highest BCUT2D eigenvalue weighted by atomic mass is 35.5. The number of amides is 3. The topological polar surface area (TPSA) is 156 Å². The van der Waals surface area contributed by atoms with Gasteiger partial charge in [0, 0.05) is 34.7 Å². The molecule has 0 bridgehead atoms. The maximum absolute atomic E-state index is 14.6. The van der Waals surface area contributed by atoms with Crippen LogP contribution in [0.2, 0.25) is 5.02 Å². The number of imide groups is 1. The van der Waals surface area contributed by atoms with Gasteiger partial charge in [-0.2, -0.15) is 0 Å². The number of hydrogen-bond donors (Lipinski definition) is 3. The molecule has 3 fully saturated rings. The summed E-state index contributed by atoms with van der Waals surface area (Å²) in [6.45, 7) is 9.20. The van der Waals surface area contributed by atoms with Crippen molar-refractivity contribution < 1.29 is 36.7 Å². The lowest BCUT2D eigenvalue weighted by Gasteiger charge is -2.34. The summed E-state index contributed by atoms with van der Waals surface area (Å²) < 4.78 is 54.6. The van der Waals surface area contributed by atoms with Crippen molar-refractivity contribution in [2.24, 2.45) is 11.3 Å². The second kappa shape index (κ2) is 13.7. The first-order valence-electron chi connectivity index (χ1n) is 16.7. The Labute approximate surface area is 301 Å². The number of halogens is 2. The van der Waals surface area contributed by atoms with E-state index in [1.165, 1.54) is 31.5 Å². The number of nitrogens with zero attached hydrogens (tertiary/aromatic N) is 2. The number of para-hydroxylation sites is 1. The van der Waals surface area contributed by atoms with Crippen molar-refractivity contribution in [2.75, 3.05) is 19.0 Å². The molecule has 51 heavy (non-hydrogen) atoms. The molecule has 3 aliphatic rings. The second-order valence-electron chi connectivity index (χ2n) is 14.4. The molecule has 12 nitrogen and oxygen atoms in total. The average Bonchev–Trinajstić information content (AvgIpc) is 4.00. The lowest BCUT2D eigenvalue weighted by molar-refractivity contribution is -0.136. The molecule has 2 aromatic carbocycles. The highest BCUT2D eigenvalue weighted by Gasteiger charge is 2.67. The number of benzene rings is 2. The van der Waals surface area contributed by atoms with Crippen molar-refractivity contribution in [3.63, 3.8) is 0 Å². The van der Waals surface area contributed by atoms with Crippen molar-refractivity contribution in [1.29, 1.82) is 0 Å². The van der Waals surface area contributed by atoms with Gasteiger partial charge >= 0.3 is 0 Å². The summed E-state index contributed by atoms with van der Waals surface area (Å²) >= 11 is 6.32. The third-order valence-corrected chi connectivity index (χ3v) is 11.8. The fraction of sp³-hybridized carbons (Fsp3) is 0.444. The van der Waals surface area contributed by atoms with Gasteiger partial charge < -0.3 is 14.8 Å². The molecule has 1 aliphatic heterocycles. The van der Waals surface area contributed by atoms with Gasteiger partial charge in [0.2, 0.25) is 27.7 Å². The molecule has 0 unspecified atom stereocenters. The van der Waals surface area contributed by atoms with E-state index in [0.29, 0.717) is 34.4 Å². The van der Waals surface area contributed by atoms with Crippen LogP contribution in [0.15, 0.2) is 61.3 Å². The first-order chi connectivity index (χ1) is 24.1. The Kier molecular flexibility index (Phi) is 9.81. The largest absolute Gasteiger partial charge is 0.494 e. The molecule has 6 rings (SSSR count). The number of aromatic nitrogens is 1. The Bertz CT molecular complexity index is 2000. The number of carbonyl (C=O) groups excluding carboxylic acids is 3. The minimum Gasteiger partial charge on any atom is -0.494 e. The highest BCUT2D eigenvalue weighted by Crippen LogP contribution is 2.53. The lowest BCUT2D eigenvalue weighted by Crippen LogP contribution is -2.59. The fourth-order valence-corrected chi connectivity index (χ4v) is 8.32. The summed E-state index contributed by atoms with van der Waals surface area (Å²) in [7, 11) is -2.41. The Morgan fingerprint density at radius 1 is 1.16 bits per heavy atom. The standard InChI is InChI=1S/C36H41ClFN5O7S/c1-6-20-17-36(20,34(46)42-51(47,48)23-12-13-23)43-19-22(50-33-25-15-21(37)11-14-24(25)29(49-5)18-39-33)16-28(43)31(44)41-32(45)30(35(2,3)4)40-27-10-8-7-9-26(27)38/h6-11,14-15,18,20,22-23,28,30,40H,1,12-13,16-17,19H2,2-5H3,(H,42,46)(H,41,44,45)/t20-,22-,28+,30-,36-/m1/s1. The molecule has 3 N–H and O–H groups in total. The van der Waals surface area contributed by atoms with Gasteiger partial charge in [-0.05, 0) is 55.0 Å². The Morgan fingerprint density at radius 2 is 1.88 bits per heavy atom. The van der Waals surface area contributed by atoms with Crippen molar-refractivity contribution in [2.45, 2.75) is 75.4 Å². The van der Waals surface area contributed by atoms with Gasteiger partial charge in [-0.25, -0.2) is 17.8 Å². The van der Waals surface area contributed by atoms with Gasteiger partial charge in [-0.1, -0.05) is 50.6 Å². The molecule has 1 aromatic heterocycles. The van der Waals surface area contributed by atoms with Crippen LogP contribution in [0.5, 0.6) is 11.6 Å². The number of methoxy groups -OCH3 is 1. The molecular formula is C36H41ClFN5O7S. The van der Waals surface area contributed by atoms with E-state index in [2.05, 4.69) is 26.9 Å². The average molecular weight is 742 g/mol. The zero-order chi connectivity index (χ0) is 36.9. The number of pyridine rings is 1. The van der Waals surface area contributed by atoms with Crippen LogP contribution >= 0.6 is 11.6 Å². The van der Waals surface area contributed by atoms with E-state index in [1.54, 1.807) is 56.0 Å². The van der Waals surface area contributed by atoms with Crippen molar-refractivity contribution in [3.05, 3.63) is 72.2 Å². The molecule has 272 valence electrons. The summed E-state index contributed by atoms with van der Waals surface area (Å²) in [5, 5.41) is 6.46. The number of ether oxygens (including phenoxy) is 2. The number of likely N-dealkylation sites (tertiary alicyclic amines) is 1. The van der Waals surface area contributed by atoms with Crippen LogP contribution in [0, 0.1) is 17.2 Å². The summed E-state index contributed by atoms with van der Waals surface area (Å²) in [5.41, 5.74) is -2.12. The molecule has 3 amide bonds. The number of carbonyl (C=O) groups is 3. The highest BCUT2D eigenvalue weighted by molar-refractivity contribution is 7.91. The van der Waals surface area contributed by atoms with Gasteiger partial charge in [0.1, 0.15) is 29.3 Å². The predicted octanol–water partition coefficient (Wildman–Crippen LogP) is 4.58. The minimum atomic E-state index is -3.93. The fourth-order valence-electron chi connectivity index (χ4n) is 6.79. The summed E-state index contributed by atoms with van der Waals surface area (Å²) in [6, 6.07) is 8.91. The zero-order valence-electron chi connectivity index (χ0n) is 28.7. The van der Waals surface area contributed by atoms with E-state index in [-0.39, 0.29) is 31.0 Å². The van der Waals surface area contributed by atoms with Crippen LogP contribution < -0.4 is 24.8 Å². The Hall–Kier alpha value is -4.27. The number of sulfonamides is 1.